The van der Waals surface area contributed by atoms with Gasteiger partial charge < -0.3 is 13.7 Å². The maximum Gasteiger partial charge on any atom is 0.339 e. The van der Waals surface area contributed by atoms with Crippen molar-refractivity contribution < 1.29 is 26.9 Å². The van der Waals surface area contributed by atoms with E-state index < -0.39 is 16.0 Å². The van der Waals surface area contributed by atoms with Crippen molar-refractivity contribution in [2.24, 2.45) is 5.10 Å². The lowest BCUT2D eigenvalue weighted by Crippen LogP contribution is -2.17. The molecule has 1 N–H and O–H groups in total. The third-order valence-corrected chi connectivity index (χ3v) is 6.48. The lowest BCUT2D eigenvalue weighted by Gasteiger charge is -2.10. The Morgan fingerprint density at radius 1 is 1.06 bits per heavy atom. The van der Waals surface area contributed by atoms with Gasteiger partial charge in [0.15, 0.2) is 17.2 Å². The number of carbonyl (C=O) groups is 1. The number of rotatable bonds is 9. The molecule has 0 aliphatic heterocycles. The summed E-state index contributed by atoms with van der Waals surface area (Å²) in [6.45, 7) is 2.26. The number of halogens is 2. The molecule has 0 fully saturated rings. The topological polar surface area (TPSA) is 103 Å². The van der Waals surface area contributed by atoms with Gasteiger partial charge in [-0.05, 0) is 89.1 Å². The molecule has 0 spiro atoms. The Kier molecular flexibility index (Phi) is 8.54. The summed E-state index contributed by atoms with van der Waals surface area (Å²) in [5.41, 5.74) is 3.37. The first-order valence-electron chi connectivity index (χ1n) is 9.87. The fraction of sp³-hybridized carbons (Fsp3) is 0.130. The average Bonchev–Trinajstić information content (AvgIpc) is 2.81. The predicted molar refractivity (Wildman–Crippen MR) is 133 cm³/mol. The third-order valence-electron chi connectivity index (χ3n) is 4.36. The van der Waals surface area contributed by atoms with Gasteiger partial charge in [-0.15, -0.1) is 0 Å². The van der Waals surface area contributed by atoms with E-state index in [0.717, 1.165) is 0 Å². The molecule has 3 aromatic carbocycles. The van der Waals surface area contributed by atoms with E-state index in [1.54, 1.807) is 30.3 Å². The van der Waals surface area contributed by atoms with Crippen LogP contribution < -0.4 is 19.1 Å². The Hall–Kier alpha value is -3.08. The lowest BCUT2D eigenvalue weighted by molar-refractivity contribution is 0.0954. The van der Waals surface area contributed by atoms with Gasteiger partial charge >= 0.3 is 10.1 Å². The number of benzene rings is 3. The van der Waals surface area contributed by atoms with Crippen LogP contribution in [0.15, 0.2) is 75.1 Å². The second-order valence-corrected chi connectivity index (χ2v) is 9.52. The van der Waals surface area contributed by atoms with Crippen LogP contribution in [0.3, 0.4) is 0 Å². The molecule has 0 radical (unpaired) electrons. The summed E-state index contributed by atoms with van der Waals surface area (Å²) in [6, 6.07) is 15.1. The molecular formula is C23H20BrClN2O6S. The molecule has 8 nitrogen and oxygen atoms in total. The van der Waals surface area contributed by atoms with Gasteiger partial charge in [-0.25, -0.2) is 5.43 Å². The van der Waals surface area contributed by atoms with Crippen LogP contribution in [-0.2, 0) is 10.1 Å². The maximum absolute atomic E-state index is 12.5. The standard InChI is InChI=1S/C23H20BrClN2O6S/c1-3-32-22-13-16(5-11-21(22)31-2)23(28)27-26-14-15-4-10-20(19(24)12-15)33-34(29,30)18-8-6-17(25)7-9-18/h4-14H,3H2,1-2H3,(H,27,28)/b26-14+. The Morgan fingerprint density at radius 3 is 2.41 bits per heavy atom. The fourth-order valence-corrected chi connectivity index (χ4v) is 4.41. The number of hydrogen-bond donors (Lipinski definition) is 1. The molecule has 3 aromatic rings. The molecule has 0 saturated heterocycles. The highest BCUT2D eigenvalue weighted by Crippen LogP contribution is 2.29. The molecule has 0 atom stereocenters. The van der Waals surface area contributed by atoms with Crippen LogP contribution in [0.4, 0.5) is 0 Å². The summed E-state index contributed by atoms with van der Waals surface area (Å²) in [7, 11) is -2.52. The van der Waals surface area contributed by atoms with Crippen molar-refractivity contribution in [3.05, 3.63) is 81.3 Å². The zero-order valence-corrected chi connectivity index (χ0v) is 21.3. The van der Waals surface area contributed by atoms with Crippen molar-refractivity contribution in [2.75, 3.05) is 13.7 Å². The Balaban J connectivity index is 1.67. The summed E-state index contributed by atoms with van der Waals surface area (Å²) < 4.78 is 41.2. The molecule has 0 heterocycles. The number of methoxy groups -OCH3 is 1. The zero-order chi connectivity index (χ0) is 24.7. The molecule has 0 aromatic heterocycles. The summed E-state index contributed by atoms with van der Waals surface area (Å²) in [4.78, 5) is 12.4. The first kappa shape index (κ1) is 25.5. The Bertz CT molecular complexity index is 1310. The van der Waals surface area contributed by atoms with E-state index in [-0.39, 0.29) is 10.6 Å². The van der Waals surface area contributed by atoms with Gasteiger partial charge in [-0.2, -0.15) is 13.5 Å². The Labute approximate surface area is 210 Å². The lowest BCUT2D eigenvalue weighted by atomic mass is 10.2. The van der Waals surface area contributed by atoms with Gasteiger partial charge in [-0.1, -0.05) is 11.6 Å². The highest BCUT2D eigenvalue weighted by atomic mass is 79.9. The molecule has 178 valence electrons. The van der Waals surface area contributed by atoms with Crippen LogP contribution in [-0.4, -0.2) is 34.3 Å². The van der Waals surface area contributed by atoms with Gasteiger partial charge in [0.2, 0.25) is 0 Å². The third kappa shape index (κ3) is 6.49. The normalized spacial score (nSPS) is 11.3. The zero-order valence-electron chi connectivity index (χ0n) is 18.1. The van der Waals surface area contributed by atoms with E-state index in [1.165, 1.54) is 43.7 Å². The molecule has 0 aliphatic carbocycles. The van der Waals surface area contributed by atoms with Crippen LogP contribution in [0.1, 0.15) is 22.8 Å². The highest BCUT2D eigenvalue weighted by Gasteiger charge is 2.18. The van der Waals surface area contributed by atoms with Gasteiger partial charge in [0, 0.05) is 10.6 Å². The van der Waals surface area contributed by atoms with E-state index in [4.69, 9.17) is 25.3 Å². The van der Waals surface area contributed by atoms with Crippen molar-refractivity contribution in [1.29, 1.82) is 0 Å². The summed E-state index contributed by atoms with van der Waals surface area (Å²) in [5, 5.41) is 4.36. The van der Waals surface area contributed by atoms with Crippen LogP contribution in [0.5, 0.6) is 17.2 Å². The quantitative estimate of drug-likeness (QED) is 0.221. The number of nitrogens with one attached hydrogen (secondary N) is 1. The van der Waals surface area contributed by atoms with Crippen molar-refractivity contribution in [3.63, 3.8) is 0 Å². The second kappa shape index (κ2) is 11.4. The van der Waals surface area contributed by atoms with Crippen LogP contribution in [0.25, 0.3) is 0 Å². The fourth-order valence-electron chi connectivity index (χ4n) is 2.75. The van der Waals surface area contributed by atoms with E-state index in [1.807, 2.05) is 6.92 Å². The molecule has 34 heavy (non-hydrogen) atoms. The van der Waals surface area contributed by atoms with Crippen molar-refractivity contribution in [2.45, 2.75) is 11.8 Å². The van der Waals surface area contributed by atoms with Crippen molar-refractivity contribution in [1.82, 2.24) is 5.43 Å². The van der Waals surface area contributed by atoms with E-state index in [0.29, 0.717) is 38.7 Å². The molecule has 0 unspecified atom stereocenters. The van der Waals surface area contributed by atoms with Gasteiger partial charge in [0.05, 0.1) is 24.4 Å². The molecule has 1 amide bonds. The minimum atomic E-state index is -4.04. The summed E-state index contributed by atoms with van der Waals surface area (Å²) in [5.74, 6) is 0.632. The molecular weight excluding hydrogens is 548 g/mol. The Morgan fingerprint density at radius 2 is 1.76 bits per heavy atom. The first-order valence-corrected chi connectivity index (χ1v) is 12.4. The van der Waals surface area contributed by atoms with Gasteiger partial charge in [0.1, 0.15) is 4.90 Å². The van der Waals surface area contributed by atoms with E-state index >= 15 is 0 Å². The summed E-state index contributed by atoms with van der Waals surface area (Å²) in [6.07, 6.45) is 1.41. The number of carbonyl (C=O) groups excluding carboxylic acids is 1. The van der Waals surface area contributed by atoms with Gasteiger partial charge in [-0.3, -0.25) is 4.79 Å². The number of ether oxygens (including phenoxy) is 2. The number of nitrogens with zero attached hydrogens (tertiary/aromatic N) is 1. The summed E-state index contributed by atoms with van der Waals surface area (Å²) >= 11 is 9.09. The average molecular weight is 568 g/mol. The SMILES string of the molecule is CCOc1cc(C(=O)N/N=C/c2ccc(OS(=O)(=O)c3ccc(Cl)cc3)c(Br)c2)ccc1OC. The monoisotopic (exact) mass is 566 g/mol. The minimum Gasteiger partial charge on any atom is -0.493 e. The largest absolute Gasteiger partial charge is 0.493 e. The molecule has 11 heteroatoms. The van der Waals surface area contributed by atoms with Crippen LogP contribution in [0.2, 0.25) is 5.02 Å². The maximum atomic E-state index is 12.5. The minimum absolute atomic E-state index is 0.0248. The molecule has 3 rings (SSSR count). The second-order valence-electron chi connectivity index (χ2n) is 6.68. The molecule has 0 bridgehead atoms. The first-order chi connectivity index (χ1) is 16.2. The van der Waals surface area contributed by atoms with Crippen molar-refractivity contribution in [3.8, 4) is 17.2 Å². The molecule has 0 saturated carbocycles. The van der Waals surface area contributed by atoms with Crippen LogP contribution in [0, 0.1) is 0 Å². The van der Waals surface area contributed by atoms with Gasteiger partial charge in [0.25, 0.3) is 5.91 Å². The number of hydrazone groups is 1. The smallest absolute Gasteiger partial charge is 0.339 e. The number of hydrogen-bond acceptors (Lipinski definition) is 7. The highest BCUT2D eigenvalue weighted by molar-refractivity contribution is 9.10. The van der Waals surface area contributed by atoms with Crippen LogP contribution >= 0.6 is 27.5 Å². The van der Waals surface area contributed by atoms with Crippen molar-refractivity contribution >= 4 is 49.8 Å². The van der Waals surface area contributed by atoms with E-state index in [2.05, 4.69) is 26.5 Å². The molecule has 0 aliphatic rings. The van der Waals surface area contributed by atoms with E-state index in [9.17, 15) is 13.2 Å². The number of amides is 1. The predicted octanol–water partition coefficient (Wildman–Crippen LogP) is 5.04.